The maximum absolute atomic E-state index is 14.2. The van der Waals surface area contributed by atoms with Gasteiger partial charge in [-0.1, -0.05) is 68.4 Å². The third-order valence-electron chi connectivity index (χ3n) is 8.08. The van der Waals surface area contributed by atoms with Gasteiger partial charge in [-0.3, -0.25) is 19.3 Å². The molecule has 0 unspecified atom stereocenters. The lowest BCUT2D eigenvalue weighted by molar-refractivity contribution is -0.138. The highest BCUT2D eigenvalue weighted by molar-refractivity contribution is 6.24. The van der Waals surface area contributed by atoms with E-state index >= 15 is 0 Å². The number of para-hydroxylation sites is 2. The van der Waals surface area contributed by atoms with Gasteiger partial charge in [-0.15, -0.1) is 0 Å². The van der Waals surface area contributed by atoms with E-state index in [1.54, 1.807) is 17.0 Å². The molecule has 1 aromatic heterocycles. The maximum atomic E-state index is 14.2. The molecule has 4 amide bonds. The van der Waals surface area contributed by atoms with Gasteiger partial charge < -0.3 is 15.4 Å². The number of aromatic amines is 1. The summed E-state index contributed by atoms with van der Waals surface area (Å²) in [6, 6.07) is 19.3. The molecule has 3 N–H and O–H groups in total. The van der Waals surface area contributed by atoms with Crippen molar-refractivity contribution in [2.24, 2.45) is 0 Å². The van der Waals surface area contributed by atoms with Crippen molar-refractivity contribution in [2.75, 3.05) is 4.90 Å². The summed E-state index contributed by atoms with van der Waals surface area (Å²) in [6.07, 6.45) is 0.325. The molecule has 0 bridgehead atoms. The number of benzene rings is 3. The van der Waals surface area contributed by atoms with E-state index < -0.39 is 41.9 Å². The Morgan fingerprint density at radius 2 is 1.63 bits per heavy atom. The van der Waals surface area contributed by atoms with Gasteiger partial charge in [0.1, 0.15) is 18.1 Å². The fourth-order valence-corrected chi connectivity index (χ4v) is 5.90. The number of hydrogen-bond donors (Lipinski definition) is 3. The van der Waals surface area contributed by atoms with Crippen LogP contribution in [0, 0.1) is 0 Å². The molecule has 41 heavy (non-hydrogen) atoms. The number of rotatable bonds is 6. The summed E-state index contributed by atoms with van der Waals surface area (Å²) in [7, 11) is 0. The highest BCUT2D eigenvalue weighted by atomic mass is 16.4. The van der Waals surface area contributed by atoms with Gasteiger partial charge in [0, 0.05) is 23.0 Å². The summed E-state index contributed by atoms with van der Waals surface area (Å²) in [5, 5.41) is 12.7. The highest BCUT2D eigenvalue weighted by Gasteiger charge is 2.53. The Hall–Kier alpha value is -4.92. The number of H-pyrrole nitrogens is 1. The molecule has 3 heterocycles. The number of carboxylic acids is 1. The minimum Gasteiger partial charge on any atom is -0.480 e. The van der Waals surface area contributed by atoms with Crippen molar-refractivity contribution in [1.82, 2.24) is 15.2 Å². The van der Waals surface area contributed by atoms with E-state index in [0.717, 1.165) is 32.6 Å². The summed E-state index contributed by atoms with van der Waals surface area (Å²) in [5.41, 5.74) is 5.00. The van der Waals surface area contributed by atoms with Crippen LogP contribution in [0.2, 0.25) is 0 Å². The Balaban J connectivity index is 1.46. The minimum atomic E-state index is -1.19. The zero-order valence-electron chi connectivity index (χ0n) is 22.9. The van der Waals surface area contributed by atoms with Gasteiger partial charge in [0.05, 0.1) is 11.3 Å². The standard InChI is InChI=1S/C32H30N4O5/c1-17(2)19-12-14-20(15-13-19)28-27-23(21-8-4-6-10-24(21)34-27)16-26-30(38)36(32(41)35(26)28)25-11-7-5-9-22(25)29(37)33-18(3)31(39)40/h4-15,17-18,26,28,34H,16H2,1-3H3,(H,33,37)(H,39,40)/t18-,26+,28+/m1/s1. The third kappa shape index (κ3) is 4.25. The zero-order valence-corrected chi connectivity index (χ0v) is 22.9. The molecule has 2 aliphatic heterocycles. The molecule has 9 nitrogen and oxygen atoms in total. The van der Waals surface area contributed by atoms with Gasteiger partial charge in [0.25, 0.3) is 11.8 Å². The first-order valence-electron chi connectivity index (χ1n) is 13.7. The molecule has 3 atom stereocenters. The van der Waals surface area contributed by atoms with Crippen LogP contribution >= 0.6 is 0 Å². The first-order chi connectivity index (χ1) is 19.7. The molecule has 1 saturated heterocycles. The van der Waals surface area contributed by atoms with Crippen LogP contribution in [0.5, 0.6) is 0 Å². The Morgan fingerprint density at radius 1 is 0.951 bits per heavy atom. The molecule has 4 aromatic rings. The molecule has 9 heteroatoms. The lowest BCUT2D eigenvalue weighted by Gasteiger charge is -2.36. The average molecular weight is 551 g/mol. The van der Waals surface area contributed by atoms with E-state index in [1.165, 1.54) is 24.6 Å². The zero-order chi connectivity index (χ0) is 29.0. The highest BCUT2D eigenvalue weighted by Crippen LogP contribution is 2.45. The predicted octanol–water partition coefficient (Wildman–Crippen LogP) is 4.98. The SMILES string of the molecule is CC(C)c1ccc([C@H]2c3[nH]c4ccccc4c3C[C@H]3C(=O)N(c4ccccc4C(=O)N[C@H](C)C(=O)O)C(=O)N23)cc1. The number of anilines is 1. The van der Waals surface area contributed by atoms with Gasteiger partial charge in [0.15, 0.2) is 0 Å². The molecule has 2 aliphatic rings. The molecule has 1 fully saturated rings. The summed E-state index contributed by atoms with van der Waals surface area (Å²) in [6.45, 7) is 5.59. The smallest absolute Gasteiger partial charge is 0.332 e. The van der Waals surface area contributed by atoms with Crippen LogP contribution in [-0.2, 0) is 16.0 Å². The Bertz CT molecular complexity index is 1710. The van der Waals surface area contributed by atoms with E-state index in [1.807, 2.05) is 36.4 Å². The van der Waals surface area contributed by atoms with Crippen LogP contribution in [0.1, 0.15) is 65.5 Å². The second-order valence-electron chi connectivity index (χ2n) is 10.9. The van der Waals surface area contributed by atoms with E-state index in [-0.39, 0.29) is 11.3 Å². The van der Waals surface area contributed by atoms with Gasteiger partial charge in [-0.05, 0) is 47.7 Å². The van der Waals surface area contributed by atoms with Crippen molar-refractivity contribution < 1.29 is 24.3 Å². The van der Waals surface area contributed by atoms with Gasteiger partial charge in [0.2, 0.25) is 0 Å². The second kappa shape index (κ2) is 9.92. The predicted molar refractivity (Wildman–Crippen MR) is 154 cm³/mol. The Morgan fingerprint density at radius 3 is 2.34 bits per heavy atom. The van der Waals surface area contributed by atoms with Crippen LogP contribution in [0.25, 0.3) is 10.9 Å². The van der Waals surface area contributed by atoms with Crippen molar-refractivity contribution >= 4 is 40.4 Å². The number of amides is 4. The normalized spacial score (nSPS) is 18.9. The van der Waals surface area contributed by atoms with Crippen LogP contribution in [0.4, 0.5) is 10.5 Å². The number of fused-ring (bicyclic) bond motifs is 4. The second-order valence-corrected chi connectivity index (χ2v) is 10.9. The third-order valence-corrected chi connectivity index (χ3v) is 8.08. The number of carboxylic acid groups (broad SMARTS) is 1. The molecular formula is C32H30N4O5. The number of urea groups is 1. The molecule has 208 valence electrons. The van der Waals surface area contributed by atoms with E-state index in [9.17, 15) is 24.3 Å². The van der Waals surface area contributed by atoms with Gasteiger partial charge in [-0.2, -0.15) is 0 Å². The van der Waals surface area contributed by atoms with Crippen molar-refractivity contribution in [2.45, 2.75) is 51.2 Å². The van der Waals surface area contributed by atoms with Gasteiger partial charge >= 0.3 is 12.0 Å². The number of nitrogens with zero attached hydrogens (tertiary/aromatic N) is 2. The first-order valence-corrected chi connectivity index (χ1v) is 13.7. The number of nitrogens with one attached hydrogen (secondary N) is 2. The summed E-state index contributed by atoms with van der Waals surface area (Å²) < 4.78 is 0. The van der Waals surface area contributed by atoms with Crippen molar-refractivity contribution in [3.63, 3.8) is 0 Å². The Labute approximate surface area is 236 Å². The first kappa shape index (κ1) is 26.3. The maximum Gasteiger partial charge on any atom is 0.332 e. The fraction of sp³-hybridized carbons (Fsp3) is 0.250. The van der Waals surface area contributed by atoms with E-state index in [4.69, 9.17) is 0 Å². The number of aliphatic carboxylic acids is 1. The molecular weight excluding hydrogens is 520 g/mol. The summed E-state index contributed by atoms with van der Waals surface area (Å²) in [4.78, 5) is 58.9. The van der Waals surface area contributed by atoms with Crippen LogP contribution in [0.15, 0.2) is 72.8 Å². The van der Waals surface area contributed by atoms with E-state index in [0.29, 0.717) is 12.3 Å². The fourth-order valence-electron chi connectivity index (χ4n) is 5.90. The molecule has 0 aliphatic carbocycles. The average Bonchev–Trinajstić information content (AvgIpc) is 3.46. The monoisotopic (exact) mass is 550 g/mol. The molecule has 3 aromatic carbocycles. The van der Waals surface area contributed by atoms with Gasteiger partial charge in [-0.25, -0.2) is 9.69 Å². The summed E-state index contributed by atoms with van der Waals surface area (Å²) >= 11 is 0. The van der Waals surface area contributed by atoms with Crippen LogP contribution in [0.3, 0.4) is 0 Å². The number of hydrogen-bond acceptors (Lipinski definition) is 4. The molecule has 0 saturated carbocycles. The molecule has 0 spiro atoms. The quantitative estimate of drug-likeness (QED) is 0.292. The topological polar surface area (TPSA) is 123 Å². The lowest BCUT2D eigenvalue weighted by atomic mass is 9.88. The van der Waals surface area contributed by atoms with E-state index in [2.05, 4.69) is 36.3 Å². The largest absolute Gasteiger partial charge is 0.480 e. The number of aromatic nitrogens is 1. The lowest BCUT2D eigenvalue weighted by Crippen LogP contribution is -2.44. The molecule has 6 rings (SSSR count). The molecule has 0 radical (unpaired) electrons. The van der Waals surface area contributed by atoms with Crippen LogP contribution < -0.4 is 10.2 Å². The summed E-state index contributed by atoms with van der Waals surface area (Å²) in [5.74, 6) is -1.97. The Kier molecular flexibility index (Phi) is 6.37. The number of imide groups is 1. The minimum absolute atomic E-state index is 0.0453. The number of carbonyl (C=O) groups is 4. The van der Waals surface area contributed by atoms with Crippen LogP contribution in [-0.4, -0.2) is 50.9 Å². The van der Waals surface area contributed by atoms with Crippen molar-refractivity contribution in [1.29, 1.82) is 0 Å². The van der Waals surface area contributed by atoms with Crippen molar-refractivity contribution in [3.8, 4) is 0 Å². The number of carbonyl (C=O) groups excluding carboxylic acids is 3. The van der Waals surface area contributed by atoms with Crippen molar-refractivity contribution in [3.05, 3.63) is 101 Å².